The van der Waals surface area contributed by atoms with Gasteiger partial charge >= 0.3 is 6.09 Å². The Morgan fingerprint density at radius 1 is 1.23 bits per heavy atom. The highest BCUT2D eigenvalue weighted by Gasteiger charge is 2.34. The number of hydrogen-bond acceptors (Lipinski definition) is 6. The number of anilines is 2. The van der Waals surface area contributed by atoms with Crippen LogP contribution in [0.5, 0.6) is 0 Å². The number of carbonyl (C=O) groups excluding carboxylic acids is 3. The number of benzene rings is 1. The third-order valence-electron chi connectivity index (χ3n) is 5.64. The van der Waals surface area contributed by atoms with Gasteiger partial charge in [-0.25, -0.2) is 9.18 Å². The smallest absolute Gasteiger partial charge is 0.414 e. The summed E-state index contributed by atoms with van der Waals surface area (Å²) in [5.74, 6) is -0.320. The van der Waals surface area contributed by atoms with Crippen LogP contribution in [0.1, 0.15) is 13.8 Å². The van der Waals surface area contributed by atoms with E-state index in [1.807, 2.05) is 4.90 Å². The van der Waals surface area contributed by atoms with E-state index in [1.165, 1.54) is 25.0 Å². The molecule has 2 aliphatic heterocycles. The summed E-state index contributed by atoms with van der Waals surface area (Å²) in [6.07, 6.45) is -1.04. The van der Waals surface area contributed by atoms with Crippen LogP contribution >= 0.6 is 0 Å². The van der Waals surface area contributed by atoms with Gasteiger partial charge in [0.1, 0.15) is 18.5 Å². The molecular weight excluding hydrogens is 407 g/mol. The van der Waals surface area contributed by atoms with Crippen LogP contribution in [-0.4, -0.2) is 70.5 Å². The number of rotatable bonds is 8. The van der Waals surface area contributed by atoms with Crippen molar-refractivity contribution >= 4 is 29.3 Å². The van der Waals surface area contributed by atoms with Crippen LogP contribution in [0.3, 0.4) is 0 Å². The average molecular weight is 436 g/mol. The van der Waals surface area contributed by atoms with Crippen molar-refractivity contribution < 1.29 is 28.2 Å². The van der Waals surface area contributed by atoms with Gasteiger partial charge in [-0.05, 0) is 30.0 Å². The van der Waals surface area contributed by atoms with Gasteiger partial charge in [-0.15, -0.1) is 0 Å². The summed E-state index contributed by atoms with van der Waals surface area (Å²) in [5.41, 5.74) is 0.871. The van der Waals surface area contributed by atoms with E-state index in [1.54, 1.807) is 12.1 Å². The molecule has 0 saturated carbocycles. The zero-order valence-corrected chi connectivity index (χ0v) is 18.0. The number of nitrogens with one attached hydrogen (secondary N) is 2. The zero-order valence-electron chi connectivity index (χ0n) is 18.0. The van der Waals surface area contributed by atoms with E-state index in [-0.39, 0.29) is 43.3 Å². The van der Waals surface area contributed by atoms with Gasteiger partial charge in [0, 0.05) is 33.7 Å². The molecule has 9 nitrogen and oxygen atoms in total. The summed E-state index contributed by atoms with van der Waals surface area (Å²) >= 11 is 0. The second-order valence-electron chi connectivity index (χ2n) is 8.07. The molecule has 170 valence electrons. The second kappa shape index (κ2) is 9.95. The minimum Gasteiger partial charge on any atom is -0.442 e. The molecule has 0 bridgehead atoms. The number of cyclic esters (lactones) is 1. The fraction of sp³-hybridized carbons (Fsp3) is 0.571. The molecule has 0 aliphatic carbocycles. The van der Waals surface area contributed by atoms with Crippen LogP contribution in [0.4, 0.5) is 20.6 Å². The fourth-order valence-electron chi connectivity index (χ4n) is 3.94. The van der Waals surface area contributed by atoms with Crippen LogP contribution < -0.4 is 20.4 Å². The molecule has 1 aromatic carbocycles. The van der Waals surface area contributed by atoms with Crippen LogP contribution in [-0.2, 0) is 19.1 Å². The molecule has 3 atom stereocenters. The minimum absolute atomic E-state index is 0.0194. The van der Waals surface area contributed by atoms with Crippen LogP contribution in [0.25, 0.3) is 0 Å². The number of nitrogens with zero attached hydrogens (tertiary/aromatic N) is 2. The van der Waals surface area contributed by atoms with Crippen molar-refractivity contribution in [1.29, 1.82) is 0 Å². The Labute approximate surface area is 180 Å². The van der Waals surface area contributed by atoms with Gasteiger partial charge in [0.15, 0.2) is 0 Å². The SMILES string of the molecule is COCC(=O)NC[C@@H]1CN(c2ccc(N3C[C@H](CNC(C)=O)OC3=O)cc2F)C[C@@H]1C. The molecule has 10 heteroatoms. The molecule has 2 fully saturated rings. The van der Waals surface area contributed by atoms with Crippen molar-refractivity contribution in [1.82, 2.24) is 10.6 Å². The Balaban J connectivity index is 1.61. The molecule has 1 aromatic rings. The predicted molar refractivity (Wildman–Crippen MR) is 112 cm³/mol. The highest BCUT2D eigenvalue weighted by Crippen LogP contribution is 2.32. The molecule has 2 aliphatic rings. The topological polar surface area (TPSA) is 100 Å². The van der Waals surface area contributed by atoms with E-state index in [0.29, 0.717) is 31.0 Å². The van der Waals surface area contributed by atoms with E-state index in [9.17, 15) is 18.8 Å². The maximum atomic E-state index is 14.9. The Kier molecular flexibility index (Phi) is 7.32. The lowest BCUT2D eigenvalue weighted by Crippen LogP contribution is -2.34. The van der Waals surface area contributed by atoms with Crippen molar-refractivity contribution in [2.24, 2.45) is 11.8 Å². The number of carbonyl (C=O) groups is 3. The van der Waals surface area contributed by atoms with Crippen molar-refractivity contribution in [3.8, 4) is 0 Å². The lowest BCUT2D eigenvalue weighted by Gasteiger charge is -2.21. The number of amides is 3. The molecule has 0 spiro atoms. The summed E-state index contributed by atoms with van der Waals surface area (Å²) in [5, 5.41) is 5.46. The Hall–Kier alpha value is -2.88. The quantitative estimate of drug-likeness (QED) is 0.634. The maximum absolute atomic E-state index is 14.9. The molecule has 0 aromatic heterocycles. The van der Waals surface area contributed by atoms with E-state index < -0.39 is 18.0 Å². The largest absolute Gasteiger partial charge is 0.442 e. The first-order valence-electron chi connectivity index (χ1n) is 10.3. The second-order valence-corrected chi connectivity index (χ2v) is 8.07. The van der Waals surface area contributed by atoms with Gasteiger partial charge in [-0.1, -0.05) is 6.92 Å². The van der Waals surface area contributed by atoms with Crippen molar-refractivity contribution in [2.45, 2.75) is 20.0 Å². The first kappa shape index (κ1) is 22.8. The van der Waals surface area contributed by atoms with E-state index in [2.05, 4.69) is 17.6 Å². The van der Waals surface area contributed by atoms with Gasteiger partial charge in [0.2, 0.25) is 11.8 Å². The average Bonchev–Trinajstić information content (AvgIpc) is 3.27. The monoisotopic (exact) mass is 436 g/mol. The van der Waals surface area contributed by atoms with Crippen LogP contribution in [0, 0.1) is 17.7 Å². The third-order valence-corrected chi connectivity index (χ3v) is 5.64. The molecule has 0 unspecified atom stereocenters. The van der Waals surface area contributed by atoms with Crippen LogP contribution in [0.15, 0.2) is 18.2 Å². The van der Waals surface area contributed by atoms with E-state index in [0.717, 1.165) is 0 Å². The summed E-state index contributed by atoms with van der Waals surface area (Å²) in [6.45, 7) is 5.74. The van der Waals surface area contributed by atoms with Gasteiger partial charge < -0.3 is 25.0 Å². The van der Waals surface area contributed by atoms with Gasteiger partial charge in [-0.2, -0.15) is 0 Å². The molecule has 0 radical (unpaired) electrons. The summed E-state index contributed by atoms with van der Waals surface area (Å²) in [6, 6.07) is 4.69. The van der Waals surface area contributed by atoms with E-state index >= 15 is 0 Å². The van der Waals surface area contributed by atoms with E-state index in [4.69, 9.17) is 9.47 Å². The molecule has 3 amide bonds. The highest BCUT2D eigenvalue weighted by atomic mass is 19.1. The van der Waals surface area contributed by atoms with Gasteiger partial charge in [0.25, 0.3) is 0 Å². The van der Waals surface area contributed by atoms with Crippen molar-refractivity contribution in [3.63, 3.8) is 0 Å². The van der Waals surface area contributed by atoms with Crippen LogP contribution in [0.2, 0.25) is 0 Å². The zero-order chi connectivity index (χ0) is 22.5. The molecule has 31 heavy (non-hydrogen) atoms. The Morgan fingerprint density at radius 2 is 2.00 bits per heavy atom. The summed E-state index contributed by atoms with van der Waals surface area (Å²) in [7, 11) is 1.47. The number of methoxy groups -OCH3 is 1. The molecular formula is C21H29FN4O5. The predicted octanol–water partition coefficient (Wildman–Crippen LogP) is 1.12. The fourth-order valence-corrected chi connectivity index (χ4v) is 3.94. The maximum Gasteiger partial charge on any atom is 0.414 e. The molecule has 2 heterocycles. The lowest BCUT2D eigenvalue weighted by atomic mass is 9.98. The third kappa shape index (κ3) is 5.63. The standard InChI is InChI=1S/C21H29FN4O5/c1-13-9-25(10-15(13)7-24-20(28)12-30-3)19-5-4-16(6-18(19)22)26-11-17(31-21(26)29)8-23-14(2)27/h4-6,13,15,17H,7-12H2,1-3H3,(H,23,27)(H,24,28)/t13-,15+,17-/m0/s1. The van der Waals surface area contributed by atoms with Gasteiger partial charge in [-0.3, -0.25) is 14.5 Å². The minimum atomic E-state index is -0.566. The lowest BCUT2D eigenvalue weighted by molar-refractivity contribution is -0.125. The van der Waals surface area contributed by atoms with Crippen molar-refractivity contribution in [2.75, 3.05) is 56.2 Å². The van der Waals surface area contributed by atoms with Crippen molar-refractivity contribution in [3.05, 3.63) is 24.0 Å². The Morgan fingerprint density at radius 3 is 2.68 bits per heavy atom. The summed E-state index contributed by atoms with van der Waals surface area (Å²) in [4.78, 5) is 38.1. The first-order valence-corrected chi connectivity index (χ1v) is 10.3. The number of hydrogen-bond donors (Lipinski definition) is 2. The number of ether oxygens (including phenoxy) is 2. The number of halogens is 1. The molecule has 2 saturated heterocycles. The Bertz CT molecular complexity index is 836. The normalized spacial score (nSPS) is 23.1. The molecule has 3 rings (SSSR count). The summed E-state index contributed by atoms with van der Waals surface area (Å²) < 4.78 is 25.0. The molecule has 2 N–H and O–H groups in total. The first-order chi connectivity index (χ1) is 14.8. The highest BCUT2D eigenvalue weighted by molar-refractivity contribution is 5.90. The van der Waals surface area contributed by atoms with Gasteiger partial charge in [0.05, 0.1) is 24.5 Å².